The molecule has 1 aliphatic carbocycles. The molecular weight excluding hydrogens is 445 g/mol. The monoisotopic (exact) mass is 467 g/mol. The number of aromatic hydroxyl groups is 1. The van der Waals surface area contributed by atoms with Crippen LogP contribution in [0.2, 0.25) is 0 Å². The van der Waals surface area contributed by atoms with Crippen molar-refractivity contribution in [2.45, 2.75) is 56.8 Å². The maximum atomic E-state index is 14.3. The van der Waals surface area contributed by atoms with E-state index in [9.17, 15) is 32.2 Å². The lowest BCUT2D eigenvalue weighted by Gasteiger charge is -2.46. The lowest BCUT2D eigenvalue weighted by Crippen LogP contribution is -2.55. The van der Waals surface area contributed by atoms with Gasteiger partial charge in [0.05, 0.1) is 11.6 Å². The van der Waals surface area contributed by atoms with Gasteiger partial charge in [0.25, 0.3) is 0 Å². The third-order valence-corrected chi connectivity index (χ3v) is 6.17. The molecular formula is C23H22F5N3O2. The van der Waals surface area contributed by atoms with E-state index >= 15 is 0 Å². The first-order chi connectivity index (χ1) is 15.5. The van der Waals surface area contributed by atoms with Crippen LogP contribution in [-0.2, 0) is 0 Å². The minimum absolute atomic E-state index is 0.0103. The Labute approximate surface area is 186 Å². The first kappa shape index (κ1) is 23.2. The Bertz CT molecular complexity index is 1210. The predicted octanol–water partition coefficient (Wildman–Crippen LogP) is 5.66. The van der Waals surface area contributed by atoms with Crippen LogP contribution in [0.5, 0.6) is 5.75 Å². The van der Waals surface area contributed by atoms with E-state index in [-0.39, 0.29) is 34.1 Å². The first-order valence-electron chi connectivity index (χ1n) is 10.5. The summed E-state index contributed by atoms with van der Waals surface area (Å²) in [5.74, 6) is -3.05. The summed E-state index contributed by atoms with van der Waals surface area (Å²) in [6.07, 6.45) is -3.87. The van der Waals surface area contributed by atoms with Gasteiger partial charge < -0.3 is 15.5 Å². The topological polar surface area (TPSA) is 78.3 Å². The highest BCUT2D eigenvalue weighted by atomic mass is 19.4. The van der Waals surface area contributed by atoms with Gasteiger partial charge in [-0.25, -0.2) is 18.7 Å². The molecule has 0 bridgehead atoms. The largest absolute Gasteiger partial charge is 0.505 e. The smallest absolute Gasteiger partial charge is 0.419 e. The summed E-state index contributed by atoms with van der Waals surface area (Å²) in [5.41, 5.74) is -3.27. The summed E-state index contributed by atoms with van der Waals surface area (Å²) in [4.78, 5) is 8.15. The minimum Gasteiger partial charge on any atom is -0.505 e. The maximum Gasteiger partial charge on any atom is 0.419 e. The van der Waals surface area contributed by atoms with Crippen molar-refractivity contribution >= 4 is 16.6 Å². The van der Waals surface area contributed by atoms with Crippen LogP contribution in [-0.4, -0.2) is 32.0 Å². The van der Waals surface area contributed by atoms with E-state index in [0.29, 0.717) is 12.2 Å². The van der Waals surface area contributed by atoms with Crippen LogP contribution in [0.4, 0.5) is 27.6 Å². The molecule has 3 atom stereocenters. The molecule has 5 nitrogen and oxygen atoms in total. The predicted molar refractivity (Wildman–Crippen MR) is 112 cm³/mol. The Morgan fingerprint density at radius 2 is 1.94 bits per heavy atom. The van der Waals surface area contributed by atoms with Crippen molar-refractivity contribution in [3.63, 3.8) is 0 Å². The van der Waals surface area contributed by atoms with Gasteiger partial charge in [-0.2, -0.15) is 13.2 Å². The van der Waals surface area contributed by atoms with Crippen LogP contribution in [0.3, 0.4) is 0 Å². The van der Waals surface area contributed by atoms with Gasteiger partial charge in [0.15, 0.2) is 17.2 Å². The molecule has 0 saturated carbocycles. The van der Waals surface area contributed by atoms with E-state index in [0.717, 1.165) is 24.3 Å². The number of alkyl halides is 3. The maximum absolute atomic E-state index is 14.3. The molecule has 0 fully saturated rings. The van der Waals surface area contributed by atoms with E-state index in [4.69, 9.17) is 0 Å². The SMILES string of the molecule is CCC[C@H]1C[C@](O)(C(F)(F)F)[C@@H](Nc2cc(F)cc3nc(C)ncc23)c2ccc(F)c(O)c21. The molecule has 0 aliphatic heterocycles. The number of aromatic nitrogens is 2. The van der Waals surface area contributed by atoms with Crippen molar-refractivity contribution in [3.8, 4) is 5.75 Å². The van der Waals surface area contributed by atoms with Gasteiger partial charge in [-0.05, 0) is 43.4 Å². The fourth-order valence-electron chi connectivity index (χ4n) is 4.67. The van der Waals surface area contributed by atoms with Crippen LogP contribution in [0.1, 0.15) is 55.1 Å². The highest BCUT2D eigenvalue weighted by molar-refractivity contribution is 5.91. The number of halogens is 5. The molecule has 2 aromatic carbocycles. The lowest BCUT2D eigenvalue weighted by atomic mass is 9.68. The zero-order valence-corrected chi connectivity index (χ0v) is 17.8. The van der Waals surface area contributed by atoms with Crippen molar-refractivity contribution in [1.29, 1.82) is 0 Å². The number of hydrogen-bond acceptors (Lipinski definition) is 5. The number of aryl methyl sites for hydroxylation is 1. The summed E-state index contributed by atoms with van der Waals surface area (Å²) < 4.78 is 71.3. The van der Waals surface area contributed by atoms with Crippen molar-refractivity contribution in [2.24, 2.45) is 0 Å². The second-order valence-corrected chi connectivity index (χ2v) is 8.39. The molecule has 3 N–H and O–H groups in total. The van der Waals surface area contributed by atoms with Crippen LogP contribution in [0.15, 0.2) is 30.5 Å². The second kappa shape index (κ2) is 8.09. The van der Waals surface area contributed by atoms with Gasteiger partial charge in [-0.3, -0.25) is 0 Å². The number of rotatable bonds is 4. The molecule has 0 radical (unpaired) electrons. The normalized spacial score (nSPS) is 22.9. The number of anilines is 1. The zero-order chi connectivity index (χ0) is 24.1. The van der Waals surface area contributed by atoms with Crippen molar-refractivity contribution in [2.75, 3.05) is 5.32 Å². The van der Waals surface area contributed by atoms with Crippen molar-refractivity contribution in [1.82, 2.24) is 9.97 Å². The van der Waals surface area contributed by atoms with E-state index < -0.39 is 47.5 Å². The fraction of sp³-hybridized carbons (Fsp3) is 0.391. The van der Waals surface area contributed by atoms with Gasteiger partial charge in [0.1, 0.15) is 11.6 Å². The zero-order valence-electron chi connectivity index (χ0n) is 17.8. The molecule has 3 aromatic rings. The highest BCUT2D eigenvalue weighted by Crippen LogP contribution is 2.55. The highest BCUT2D eigenvalue weighted by Gasteiger charge is 2.62. The second-order valence-electron chi connectivity index (χ2n) is 8.39. The average Bonchev–Trinajstić information content (AvgIpc) is 2.71. The molecule has 1 aromatic heterocycles. The summed E-state index contributed by atoms with van der Waals surface area (Å²) >= 11 is 0. The summed E-state index contributed by atoms with van der Waals surface area (Å²) in [7, 11) is 0. The Kier molecular flexibility index (Phi) is 5.68. The van der Waals surface area contributed by atoms with Crippen molar-refractivity contribution < 1.29 is 32.2 Å². The summed E-state index contributed by atoms with van der Waals surface area (Å²) in [5, 5.41) is 24.3. The van der Waals surface area contributed by atoms with E-state index in [1.807, 2.05) is 0 Å². The molecule has 1 heterocycles. The van der Waals surface area contributed by atoms with Crippen LogP contribution in [0.25, 0.3) is 10.9 Å². The fourth-order valence-corrected chi connectivity index (χ4v) is 4.67. The number of hydrogen-bond donors (Lipinski definition) is 3. The molecule has 0 spiro atoms. The number of aliphatic hydroxyl groups is 1. The quantitative estimate of drug-likeness (QED) is 0.432. The Balaban J connectivity index is 1.94. The average molecular weight is 467 g/mol. The first-order valence-corrected chi connectivity index (χ1v) is 10.5. The van der Waals surface area contributed by atoms with Gasteiger partial charge >= 0.3 is 6.18 Å². The Hall–Kier alpha value is -3.01. The van der Waals surface area contributed by atoms with E-state index in [1.54, 1.807) is 13.8 Å². The standard InChI is InChI=1S/C23H22F5N3O2/c1-3-4-12-9-22(33,23(26,27)28)21(14-5-6-16(25)20(32)19(12)14)31-18-8-13(24)7-17-15(18)10-29-11(2)30-17/h5-8,10,12,21,31-33H,3-4,9H2,1-2H3/t12-,21-,22+/m0/s1. The molecule has 4 rings (SSSR count). The number of nitrogens with one attached hydrogen (secondary N) is 1. The van der Waals surface area contributed by atoms with Crippen LogP contribution in [0, 0.1) is 18.6 Å². The minimum atomic E-state index is -5.07. The summed E-state index contributed by atoms with van der Waals surface area (Å²) in [6.45, 7) is 3.33. The molecule has 33 heavy (non-hydrogen) atoms. The molecule has 176 valence electrons. The number of phenols is 1. The van der Waals surface area contributed by atoms with Crippen molar-refractivity contribution in [3.05, 3.63) is 59.0 Å². The number of phenolic OH excluding ortho intramolecular Hbond substituents is 1. The molecule has 1 aliphatic rings. The third kappa shape index (κ3) is 3.86. The Morgan fingerprint density at radius 1 is 1.21 bits per heavy atom. The number of nitrogens with zero attached hydrogens (tertiary/aromatic N) is 2. The van der Waals surface area contributed by atoms with Gasteiger partial charge in [0, 0.05) is 28.9 Å². The van der Waals surface area contributed by atoms with Crippen LogP contribution >= 0.6 is 0 Å². The van der Waals surface area contributed by atoms with E-state index in [1.165, 1.54) is 6.20 Å². The van der Waals surface area contributed by atoms with E-state index in [2.05, 4.69) is 15.3 Å². The molecule has 0 saturated heterocycles. The third-order valence-electron chi connectivity index (χ3n) is 6.17. The van der Waals surface area contributed by atoms with Gasteiger partial charge in [-0.1, -0.05) is 19.4 Å². The number of fused-ring (bicyclic) bond motifs is 2. The summed E-state index contributed by atoms with van der Waals surface area (Å²) in [6, 6.07) is 2.23. The molecule has 10 heteroatoms. The molecule has 0 amide bonds. The van der Waals surface area contributed by atoms with Crippen LogP contribution < -0.4 is 5.32 Å². The number of benzene rings is 2. The van der Waals surface area contributed by atoms with Gasteiger partial charge in [0.2, 0.25) is 0 Å². The molecule has 0 unspecified atom stereocenters. The lowest BCUT2D eigenvalue weighted by molar-refractivity contribution is -0.273. The van der Waals surface area contributed by atoms with Gasteiger partial charge in [-0.15, -0.1) is 0 Å². The Morgan fingerprint density at radius 3 is 2.61 bits per heavy atom.